The van der Waals surface area contributed by atoms with E-state index < -0.39 is 0 Å². The van der Waals surface area contributed by atoms with Gasteiger partial charge >= 0.3 is 0 Å². The lowest BCUT2D eigenvalue weighted by atomic mass is 10.3. The number of nitrogens with zero attached hydrogens (tertiary/aromatic N) is 3. The number of hydrogen-bond acceptors (Lipinski definition) is 6. The van der Waals surface area contributed by atoms with Gasteiger partial charge in [0.2, 0.25) is 0 Å². The van der Waals surface area contributed by atoms with E-state index >= 15 is 0 Å². The lowest BCUT2D eigenvalue weighted by Gasteiger charge is -2.27. The monoisotopic (exact) mass is 302 g/mol. The highest BCUT2D eigenvalue weighted by molar-refractivity contribution is 5.92. The Hall–Kier alpha value is -2.41. The molecule has 2 aromatic rings. The van der Waals surface area contributed by atoms with Crippen molar-refractivity contribution >= 4 is 11.7 Å². The lowest BCUT2D eigenvalue weighted by molar-refractivity contribution is 0.0948. The summed E-state index contributed by atoms with van der Waals surface area (Å²) in [7, 11) is 0. The van der Waals surface area contributed by atoms with Gasteiger partial charge in [-0.2, -0.15) is 0 Å². The number of nitrogens with one attached hydrogen (secondary N) is 1. The molecule has 0 bridgehead atoms. The Bertz CT molecular complexity index is 609. The molecule has 3 heterocycles. The van der Waals surface area contributed by atoms with Crippen LogP contribution in [0.15, 0.2) is 35.2 Å². The quantitative estimate of drug-likeness (QED) is 0.883. The number of morpholine rings is 1. The predicted octanol–water partition coefficient (Wildman–Crippen LogP) is 0.879. The van der Waals surface area contributed by atoms with Crippen LogP contribution in [0.25, 0.3) is 0 Å². The van der Waals surface area contributed by atoms with Gasteiger partial charge in [0.15, 0.2) is 0 Å². The van der Waals surface area contributed by atoms with Gasteiger partial charge in [-0.1, -0.05) is 0 Å². The van der Waals surface area contributed by atoms with Crippen molar-refractivity contribution in [1.82, 2.24) is 15.3 Å². The molecule has 22 heavy (non-hydrogen) atoms. The van der Waals surface area contributed by atoms with Gasteiger partial charge in [0.1, 0.15) is 23.6 Å². The van der Waals surface area contributed by atoms with E-state index in [4.69, 9.17) is 9.15 Å². The zero-order valence-electron chi connectivity index (χ0n) is 12.2. The largest absolute Gasteiger partial charge is 0.469 e. The number of aromatic nitrogens is 2. The Morgan fingerprint density at radius 2 is 2.18 bits per heavy atom. The van der Waals surface area contributed by atoms with Gasteiger partial charge in [-0.25, -0.2) is 9.97 Å². The number of ether oxygens (including phenoxy) is 1. The zero-order chi connectivity index (χ0) is 15.2. The average Bonchev–Trinajstić information content (AvgIpc) is 3.09. The fraction of sp³-hybridized carbons (Fsp3) is 0.400. The number of anilines is 1. The van der Waals surface area contributed by atoms with Gasteiger partial charge in [0, 0.05) is 32.1 Å². The third-order valence-corrected chi connectivity index (χ3v) is 3.46. The zero-order valence-corrected chi connectivity index (χ0v) is 12.2. The number of furan rings is 1. The first-order chi connectivity index (χ1) is 10.8. The Balaban J connectivity index is 1.57. The van der Waals surface area contributed by atoms with Crippen molar-refractivity contribution in [1.29, 1.82) is 0 Å². The van der Waals surface area contributed by atoms with E-state index in [1.807, 2.05) is 12.1 Å². The molecular formula is C15H18N4O3. The molecule has 7 heteroatoms. The molecule has 3 rings (SSSR count). The molecule has 1 amide bonds. The molecule has 2 aromatic heterocycles. The van der Waals surface area contributed by atoms with E-state index in [-0.39, 0.29) is 5.91 Å². The molecule has 0 aromatic carbocycles. The van der Waals surface area contributed by atoms with Crippen molar-refractivity contribution in [3.8, 4) is 0 Å². The van der Waals surface area contributed by atoms with Crippen molar-refractivity contribution in [3.63, 3.8) is 0 Å². The summed E-state index contributed by atoms with van der Waals surface area (Å²) in [5.41, 5.74) is 0.371. The standard InChI is InChI=1S/C15H18N4O3/c20-15(16-4-3-12-2-1-7-22-12)13-10-14(18-11-17-13)19-5-8-21-9-6-19/h1-2,7,10-11H,3-6,8-9H2,(H,16,20). The van der Waals surface area contributed by atoms with Gasteiger partial charge in [0.05, 0.1) is 19.5 Å². The summed E-state index contributed by atoms with van der Waals surface area (Å²) in [6, 6.07) is 5.43. The predicted molar refractivity (Wildman–Crippen MR) is 79.8 cm³/mol. The van der Waals surface area contributed by atoms with Crippen LogP contribution < -0.4 is 10.2 Å². The topological polar surface area (TPSA) is 80.5 Å². The van der Waals surface area contributed by atoms with Crippen molar-refractivity contribution < 1.29 is 13.9 Å². The summed E-state index contributed by atoms with van der Waals surface area (Å²) in [4.78, 5) is 22.5. The summed E-state index contributed by atoms with van der Waals surface area (Å²) in [6.07, 6.45) is 3.70. The minimum Gasteiger partial charge on any atom is -0.469 e. The van der Waals surface area contributed by atoms with Crippen molar-refractivity contribution in [3.05, 3.63) is 42.2 Å². The number of carbonyl (C=O) groups excluding carboxylic acids is 1. The first-order valence-corrected chi connectivity index (χ1v) is 7.28. The highest BCUT2D eigenvalue weighted by Crippen LogP contribution is 2.12. The molecule has 116 valence electrons. The molecule has 0 unspecified atom stereocenters. The summed E-state index contributed by atoms with van der Waals surface area (Å²) in [5, 5.41) is 2.83. The molecule has 0 radical (unpaired) electrons. The van der Waals surface area contributed by atoms with Crippen LogP contribution >= 0.6 is 0 Å². The number of rotatable bonds is 5. The Morgan fingerprint density at radius 3 is 2.95 bits per heavy atom. The molecule has 0 saturated carbocycles. The van der Waals surface area contributed by atoms with Gasteiger partial charge in [-0.15, -0.1) is 0 Å². The second-order valence-electron chi connectivity index (χ2n) is 4.95. The Kier molecular flexibility index (Phi) is 4.65. The van der Waals surface area contributed by atoms with Crippen LogP contribution in [0.2, 0.25) is 0 Å². The maximum Gasteiger partial charge on any atom is 0.270 e. The van der Waals surface area contributed by atoms with Crippen molar-refractivity contribution in [2.45, 2.75) is 6.42 Å². The Morgan fingerprint density at radius 1 is 1.32 bits per heavy atom. The van der Waals surface area contributed by atoms with Gasteiger partial charge < -0.3 is 19.4 Å². The van der Waals surface area contributed by atoms with Crippen LogP contribution in [-0.2, 0) is 11.2 Å². The van der Waals surface area contributed by atoms with Crippen LogP contribution in [0, 0.1) is 0 Å². The highest BCUT2D eigenvalue weighted by atomic mass is 16.5. The highest BCUT2D eigenvalue weighted by Gasteiger charge is 2.15. The fourth-order valence-electron chi connectivity index (χ4n) is 2.28. The third kappa shape index (κ3) is 3.62. The molecule has 1 saturated heterocycles. The summed E-state index contributed by atoms with van der Waals surface area (Å²) in [6.45, 7) is 3.40. The molecule has 7 nitrogen and oxygen atoms in total. The van der Waals surface area contributed by atoms with Crippen LogP contribution in [0.3, 0.4) is 0 Å². The first-order valence-electron chi connectivity index (χ1n) is 7.28. The smallest absolute Gasteiger partial charge is 0.270 e. The molecule has 1 fully saturated rings. The normalized spacial score (nSPS) is 14.8. The number of amides is 1. The van der Waals surface area contributed by atoms with Crippen LogP contribution in [0.5, 0.6) is 0 Å². The molecular weight excluding hydrogens is 284 g/mol. The lowest BCUT2D eigenvalue weighted by Crippen LogP contribution is -2.37. The van der Waals surface area contributed by atoms with Crippen molar-refractivity contribution in [2.24, 2.45) is 0 Å². The first kappa shape index (κ1) is 14.5. The second kappa shape index (κ2) is 7.04. The minimum atomic E-state index is -0.205. The summed E-state index contributed by atoms with van der Waals surface area (Å²) < 4.78 is 10.5. The van der Waals surface area contributed by atoms with Crippen LogP contribution in [0.1, 0.15) is 16.2 Å². The molecule has 1 N–H and O–H groups in total. The van der Waals surface area contributed by atoms with E-state index in [1.54, 1.807) is 12.3 Å². The van der Waals surface area contributed by atoms with Crippen LogP contribution in [-0.4, -0.2) is 48.7 Å². The fourth-order valence-corrected chi connectivity index (χ4v) is 2.28. The second-order valence-corrected chi connectivity index (χ2v) is 4.95. The maximum absolute atomic E-state index is 12.1. The minimum absolute atomic E-state index is 0.205. The summed E-state index contributed by atoms with van der Waals surface area (Å²) in [5.74, 6) is 1.40. The average molecular weight is 302 g/mol. The van der Waals surface area contributed by atoms with E-state index in [0.29, 0.717) is 31.9 Å². The van der Waals surface area contributed by atoms with Crippen molar-refractivity contribution in [2.75, 3.05) is 37.7 Å². The van der Waals surface area contributed by atoms with E-state index in [9.17, 15) is 4.79 Å². The molecule has 1 aliphatic heterocycles. The Labute approximate surface area is 128 Å². The van der Waals surface area contributed by atoms with Gasteiger partial charge in [-0.05, 0) is 12.1 Å². The van der Waals surface area contributed by atoms with E-state index in [2.05, 4.69) is 20.2 Å². The van der Waals surface area contributed by atoms with E-state index in [0.717, 1.165) is 24.7 Å². The van der Waals surface area contributed by atoms with Crippen LogP contribution in [0.4, 0.5) is 5.82 Å². The third-order valence-electron chi connectivity index (χ3n) is 3.46. The molecule has 0 atom stereocenters. The van der Waals surface area contributed by atoms with E-state index in [1.165, 1.54) is 6.33 Å². The SMILES string of the molecule is O=C(NCCc1ccco1)c1cc(N2CCOCC2)ncn1. The molecule has 0 aliphatic carbocycles. The number of carbonyl (C=O) groups is 1. The molecule has 0 spiro atoms. The summed E-state index contributed by atoms with van der Waals surface area (Å²) >= 11 is 0. The number of hydrogen-bond donors (Lipinski definition) is 1. The maximum atomic E-state index is 12.1. The van der Waals surface area contributed by atoms with Gasteiger partial charge in [0.25, 0.3) is 5.91 Å². The molecule has 1 aliphatic rings. The van der Waals surface area contributed by atoms with Gasteiger partial charge in [-0.3, -0.25) is 4.79 Å².